The molecule has 0 amide bonds. The van der Waals surface area contributed by atoms with E-state index >= 15 is 0 Å². The maximum Gasteiger partial charge on any atom is 0.133 e. The summed E-state index contributed by atoms with van der Waals surface area (Å²) in [5.41, 5.74) is 1.86. The van der Waals surface area contributed by atoms with Gasteiger partial charge in [0.15, 0.2) is 0 Å². The van der Waals surface area contributed by atoms with Crippen molar-refractivity contribution in [2.24, 2.45) is 0 Å². The van der Waals surface area contributed by atoms with Crippen LogP contribution < -0.4 is 9.47 Å². The third-order valence-electron chi connectivity index (χ3n) is 2.92. The molecule has 0 radical (unpaired) electrons. The summed E-state index contributed by atoms with van der Waals surface area (Å²) in [5.74, 6) is 1.44. The van der Waals surface area contributed by atoms with Gasteiger partial charge in [-0.15, -0.1) is 11.6 Å². The van der Waals surface area contributed by atoms with E-state index in [4.69, 9.17) is 21.1 Å². The van der Waals surface area contributed by atoms with Crippen LogP contribution in [-0.4, -0.2) is 14.2 Å². The minimum atomic E-state index is -0.315. The first-order valence-corrected chi connectivity index (χ1v) is 7.90. The minimum absolute atomic E-state index is 0.315. The molecule has 2 rings (SSSR count). The van der Waals surface area contributed by atoms with Gasteiger partial charge >= 0.3 is 0 Å². The zero-order valence-electron chi connectivity index (χ0n) is 11.0. The van der Waals surface area contributed by atoms with Crippen molar-refractivity contribution in [1.29, 1.82) is 0 Å². The van der Waals surface area contributed by atoms with Gasteiger partial charge in [-0.1, -0.05) is 28.1 Å². The highest BCUT2D eigenvalue weighted by Crippen LogP contribution is 2.41. The Morgan fingerprint density at radius 3 is 2.30 bits per heavy atom. The van der Waals surface area contributed by atoms with E-state index in [0.717, 1.165) is 31.6 Å². The van der Waals surface area contributed by atoms with Gasteiger partial charge in [0.05, 0.1) is 24.1 Å². The number of halogens is 3. The minimum Gasteiger partial charge on any atom is -0.496 e. The average molecular weight is 421 g/mol. The van der Waals surface area contributed by atoms with E-state index < -0.39 is 0 Å². The van der Waals surface area contributed by atoms with Crippen LogP contribution in [0, 0.1) is 0 Å². The SMILES string of the molecule is COc1cc(C(Cl)c2cccc(Br)c2)c(OC)cc1Br. The lowest BCUT2D eigenvalue weighted by atomic mass is 10.0. The van der Waals surface area contributed by atoms with Crippen LogP contribution in [0.4, 0.5) is 0 Å². The number of alkyl halides is 1. The van der Waals surface area contributed by atoms with E-state index in [0.29, 0.717) is 0 Å². The largest absolute Gasteiger partial charge is 0.496 e. The maximum atomic E-state index is 6.60. The second-order valence-corrected chi connectivity index (χ2v) is 6.35. The Labute approximate surface area is 140 Å². The number of ether oxygens (including phenoxy) is 2. The summed E-state index contributed by atoms with van der Waals surface area (Å²) in [6.45, 7) is 0. The normalized spacial score (nSPS) is 12.1. The van der Waals surface area contributed by atoms with Gasteiger partial charge < -0.3 is 9.47 Å². The number of hydrogen-bond donors (Lipinski definition) is 0. The standard InChI is InChI=1S/C15H13Br2ClO2/c1-19-13-8-12(17)14(20-2)7-11(13)15(18)9-4-3-5-10(16)6-9/h3-8,15H,1-2H3. The fourth-order valence-corrected chi connectivity index (χ4v) is 3.13. The summed E-state index contributed by atoms with van der Waals surface area (Å²) in [7, 11) is 3.25. The van der Waals surface area contributed by atoms with Gasteiger partial charge in [-0.25, -0.2) is 0 Å². The number of rotatable bonds is 4. The topological polar surface area (TPSA) is 18.5 Å². The van der Waals surface area contributed by atoms with E-state index in [9.17, 15) is 0 Å². The summed E-state index contributed by atoms with van der Waals surface area (Å²) in [6, 6.07) is 11.6. The van der Waals surface area contributed by atoms with Crippen molar-refractivity contribution in [3.05, 3.63) is 56.5 Å². The van der Waals surface area contributed by atoms with Gasteiger partial charge in [0.1, 0.15) is 11.5 Å². The Morgan fingerprint density at radius 1 is 1.00 bits per heavy atom. The molecule has 0 spiro atoms. The van der Waals surface area contributed by atoms with Crippen molar-refractivity contribution < 1.29 is 9.47 Å². The van der Waals surface area contributed by atoms with Gasteiger partial charge in [-0.2, -0.15) is 0 Å². The first-order valence-electron chi connectivity index (χ1n) is 5.87. The summed E-state index contributed by atoms with van der Waals surface area (Å²) in [4.78, 5) is 0. The summed E-state index contributed by atoms with van der Waals surface area (Å²) < 4.78 is 12.6. The summed E-state index contributed by atoms with van der Waals surface area (Å²) in [6.07, 6.45) is 0. The molecule has 0 aliphatic carbocycles. The average Bonchev–Trinajstić information content (AvgIpc) is 2.46. The van der Waals surface area contributed by atoms with Gasteiger partial charge in [0.25, 0.3) is 0 Å². The molecule has 5 heteroatoms. The second kappa shape index (κ2) is 6.83. The molecular weight excluding hydrogens is 407 g/mol. The lowest BCUT2D eigenvalue weighted by molar-refractivity contribution is 0.397. The van der Waals surface area contributed by atoms with Gasteiger partial charge in [0.2, 0.25) is 0 Å². The zero-order chi connectivity index (χ0) is 14.7. The molecule has 0 saturated carbocycles. The maximum absolute atomic E-state index is 6.60. The van der Waals surface area contributed by atoms with Crippen LogP contribution in [-0.2, 0) is 0 Å². The lowest BCUT2D eigenvalue weighted by Crippen LogP contribution is -1.99. The predicted octanol–water partition coefficient (Wildman–Crippen LogP) is 5.56. The van der Waals surface area contributed by atoms with Crippen LogP contribution >= 0.6 is 43.5 Å². The van der Waals surface area contributed by atoms with Gasteiger partial charge in [0, 0.05) is 10.0 Å². The first-order chi connectivity index (χ1) is 9.56. The molecule has 0 bridgehead atoms. The van der Waals surface area contributed by atoms with Crippen molar-refractivity contribution in [2.75, 3.05) is 14.2 Å². The molecule has 20 heavy (non-hydrogen) atoms. The monoisotopic (exact) mass is 418 g/mol. The molecule has 106 valence electrons. The molecule has 0 N–H and O–H groups in total. The predicted molar refractivity (Wildman–Crippen MR) is 89.1 cm³/mol. The van der Waals surface area contributed by atoms with Crippen molar-refractivity contribution in [3.63, 3.8) is 0 Å². The fourth-order valence-electron chi connectivity index (χ4n) is 1.93. The number of methoxy groups -OCH3 is 2. The number of benzene rings is 2. The molecule has 1 atom stereocenters. The Hall–Kier alpha value is -0.710. The molecule has 0 aliphatic heterocycles. The quantitative estimate of drug-likeness (QED) is 0.603. The van der Waals surface area contributed by atoms with Gasteiger partial charge in [-0.3, -0.25) is 0 Å². The molecule has 0 aromatic heterocycles. The van der Waals surface area contributed by atoms with Crippen LogP contribution in [0.3, 0.4) is 0 Å². The van der Waals surface area contributed by atoms with Crippen LogP contribution in [0.15, 0.2) is 45.3 Å². The second-order valence-electron chi connectivity index (χ2n) is 4.15. The molecule has 2 aromatic rings. The molecule has 0 fully saturated rings. The van der Waals surface area contributed by atoms with Crippen molar-refractivity contribution >= 4 is 43.5 Å². The Balaban J connectivity index is 2.50. The number of hydrogen-bond acceptors (Lipinski definition) is 2. The van der Waals surface area contributed by atoms with E-state index in [2.05, 4.69) is 31.9 Å². The molecule has 0 heterocycles. The van der Waals surface area contributed by atoms with E-state index in [1.54, 1.807) is 14.2 Å². The molecule has 2 nitrogen and oxygen atoms in total. The summed E-state index contributed by atoms with van der Waals surface area (Å²) >= 11 is 13.5. The summed E-state index contributed by atoms with van der Waals surface area (Å²) in [5, 5.41) is -0.315. The molecule has 0 saturated heterocycles. The van der Waals surface area contributed by atoms with Crippen molar-refractivity contribution in [2.45, 2.75) is 5.38 Å². The van der Waals surface area contributed by atoms with Crippen molar-refractivity contribution in [1.82, 2.24) is 0 Å². The fraction of sp³-hybridized carbons (Fsp3) is 0.200. The third-order valence-corrected chi connectivity index (χ3v) is 4.52. The smallest absolute Gasteiger partial charge is 0.133 e. The Morgan fingerprint density at radius 2 is 1.70 bits per heavy atom. The van der Waals surface area contributed by atoms with Crippen LogP contribution in [0.1, 0.15) is 16.5 Å². The lowest BCUT2D eigenvalue weighted by Gasteiger charge is -2.17. The van der Waals surface area contributed by atoms with Crippen molar-refractivity contribution in [3.8, 4) is 11.5 Å². The highest BCUT2D eigenvalue weighted by Gasteiger charge is 2.18. The van der Waals surface area contributed by atoms with E-state index in [1.165, 1.54) is 0 Å². The molecule has 1 unspecified atom stereocenters. The van der Waals surface area contributed by atoms with Crippen LogP contribution in [0.2, 0.25) is 0 Å². The molecule has 2 aromatic carbocycles. The van der Waals surface area contributed by atoms with E-state index in [1.807, 2.05) is 36.4 Å². The Kier molecular flexibility index (Phi) is 5.35. The first kappa shape index (κ1) is 15.7. The zero-order valence-corrected chi connectivity index (χ0v) is 14.9. The highest BCUT2D eigenvalue weighted by molar-refractivity contribution is 9.10. The van der Waals surface area contributed by atoms with Gasteiger partial charge in [-0.05, 0) is 45.8 Å². The Bertz CT molecular complexity index is 617. The molecular formula is C15H13Br2ClO2. The third kappa shape index (κ3) is 3.30. The van der Waals surface area contributed by atoms with Crippen LogP contribution in [0.5, 0.6) is 11.5 Å². The van der Waals surface area contributed by atoms with Crippen LogP contribution in [0.25, 0.3) is 0 Å². The highest BCUT2D eigenvalue weighted by atomic mass is 79.9. The molecule has 0 aliphatic rings. The van der Waals surface area contributed by atoms with E-state index in [-0.39, 0.29) is 5.38 Å².